The molecule has 1 aliphatic carbocycles. The summed E-state index contributed by atoms with van der Waals surface area (Å²) in [6.07, 6.45) is 0.187. The quantitative estimate of drug-likeness (QED) is 0.0306. The number of likely N-dealkylation sites (tertiary alicyclic amines) is 1. The Hall–Kier alpha value is -8.14. The molecule has 1 saturated heterocycles. The van der Waals surface area contributed by atoms with Gasteiger partial charge in [-0.2, -0.15) is 0 Å². The molecule has 0 spiro atoms. The average molecular weight is 1240 g/mol. The number of benzene rings is 5. The first-order valence-electron chi connectivity index (χ1n) is 31.1. The van der Waals surface area contributed by atoms with E-state index in [1.54, 1.807) is 21.7 Å². The number of carbonyl (C=O) groups excluding carboxylic acids is 7. The van der Waals surface area contributed by atoms with Crippen molar-refractivity contribution in [2.24, 2.45) is 17.1 Å². The van der Waals surface area contributed by atoms with Gasteiger partial charge in [-0.05, 0) is 106 Å². The van der Waals surface area contributed by atoms with Gasteiger partial charge in [0, 0.05) is 44.7 Å². The first-order valence-corrected chi connectivity index (χ1v) is 32.0. The number of aryl methyl sites for hydroxylation is 2. The fourth-order valence-electron chi connectivity index (χ4n) is 12.8. The zero-order valence-electron chi connectivity index (χ0n) is 51.7. The minimum Gasteiger partial charge on any atom is -0.449 e. The summed E-state index contributed by atoms with van der Waals surface area (Å²) in [7, 11) is 0. The summed E-state index contributed by atoms with van der Waals surface area (Å²) >= 11 is 1.56. The van der Waals surface area contributed by atoms with Crippen molar-refractivity contribution in [3.63, 3.8) is 0 Å². The number of primary amides is 1. The molecule has 5 aromatic carbocycles. The van der Waals surface area contributed by atoms with Crippen LogP contribution in [0.3, 0.4) is 0 Å². The standard InChI is InChI=1S/C70H81N7O12S/c1-42-64(90-41-73-42)48-23-21-45(22-24-48)36-72-66(82)59-35-51(78)37-76(59)68(84)65(70(3,4)5)75-62(81)40-87-32-31-86-30-29-44-17-19-46(20-18-44)38-88-43(2)49(26-28-61(71)80)34-60(79)58-33-50-12-10-11-47-25-27-57(67(83)77(58)63(47)50)74-69(85)89-39-56-54-15-8-6-13-52(54)53-14-7-9-16-55(53)56/h6-24,41,43,49,51,56-59,65,78H,25-40H2,1-5H3,(H2,71,80)(H,72,82)(H,74,85)(H,75,81)/t43-,49-,51-,57+,58+,59+,65-/m1/s1. The van der Waals surface area contributed by atoms with Crippen LogP contribution in [0.2, 0.25) is 0 Å². The SMILES string of the molecule is Cc1ncsc1-c1ccc(CNC(=O)[C@@H]2C[C@@H](O)CN2C(=O)[C@@H](NC(=O)COCCOCCc2ccc(CO[C@H](C)[C@H](CCC(N)=O)CC(=O)[C@@H]3Cc4cccc5c4N3C(=O)[C@@H](NC(=O)OCC3c4ccccc4-c4ccccc43)CC5)cc2)C(C)(C)C)cc1. The first kappa shape index (κ1) is 64.8. The van der Waals surface area contributed by atoms with Crippen molar-refractivity contribution in [2.75, 3.05) is 44.5 Å². The Morgan fingerprint density at radius 3 is 2.19 bits per heavy atom. The number of nitrogens with one attached hydrogen (secondary N) is 3. The van der Waals surface area contributed by atoms with E-state index in [9.17, 15) is 38.7 Å². The number of thiazole rings is 1. The molecule has 0 bridgehead atoms. The maximum Gasteiger partial charge on any atom is 0.407 e. The number of hydrogen-bond acceptors (Lipinski definition) is 14. The molecule has 20 heteroatoms. The van der Waals surface area contributed by atoms with Crippen LogP contribution in [0.5, 0.6) is 0 Å². The van der Waals surface area contributed by atoms with E-state index < -0.39 is 71.5 Å². The van der Waals surface area contributed by atoms with Gasteiger partial charge >= 0.3 is 6.09 Å². The summed E-state index contributed by atoms with van der Waals surface area (Å²) in [5, 5.41) is 19.2. The first-order chi connectivity index (χ1) is 43.3. The van der Waals surface area contributed by atoms with Crippen molar-refractivity contribution in [3.8, 4) is 21.6 Å². The molecule has 4 aliphatic rings. The molecule has 474 valence electrons. The fraction of sp³-hybridized carbons (Fsp3) is 0.429. The molecule has 19 nitrogen and oxygen atoms in total. The third-order valence-electron chi connectivity index (χ3n) is 17.7. The van der Waals surface area contributed by atoms with Gasteiger partial charge in [0.25, 0.3) is 0 Å². The summed E-state index contributed by atoms with van der Waals surface area (Å²) < 4.78 is 23.7. The maximum atomic E-state index is 14.6. The summed E-state index contributed by atoms with van der Waals surface area (Å²) in [4.78, 5) is 104. The summed E-state index contributed by atoms with van der Waals surface area (Å²) in [6.45, 7) is 10.3. The van der Waals surface area contributed by atoms with Crippen molar-refractivity contribution >= 4 is 58.4 Å². The number of ketones is 1. The highest BCUT2D eigenvalue weighted by atomic mass is 32.1. The average Bonchev–Trinajstić information content (AvgIpc) is 1.64. The molecule has 6 aromatic rings. The molecule has 0 unspecified atom stereocenters. The van der Waals surface area contributed by atoms with Gasteiger partial charge < -0.3 is 50.6 Å². The third kappa shape index (κ3) is 15.5. The lowest BCUT2D eigenvalue weighted by Gasteiger charge is -2.35. The largest absolute Gasteiger partial charge is 0.449 e. The number of Topliss-reactive ketones (excluding diaryl/α,β-unsaturated/α-hetero) is 1. The lowest BCUT2D eigenvalue weighted by molar-refractivity contribution is -0.144. The van der Waals surface area contributed by atoms with Crippen LogP contribution in [0.25, 0.3) is 21.6 Å². The van der Waals surface area contributed by atoms with Gasteiger partial charge in [-0.15, -0.1) is 11.3 Å². The van der Waals surface area contributed by atoms with E-state index >= 15 is 0 Å². The number of para-hydroxylation sites is 1. The van der Waals surface area contributed by atoms with Crippen LogP contribution >= 0.6 is 11.3 Å². The number of fused-ring (bicyclic) bond motifs is 3. The summed E-state index contributed by atoms with van der Waals surface area (Å²) in [5.41, 5.74) is 18.4. The second-order valence-corrected chi connectivity index (χ2v) is 25.9. The highest BCUT2D eigenvalue weighted by Crippen LogP contribution is 2.45. The van der Waals surface area contributed by atoms with E-state index in [0.717, 1.165) is 71.9 Å². The molecule has 7 atom stereocenters. The molecule has 6 amide bonds. The van der Waals surface area contributed by atoms with Crippen LogP contribution in [-0.2, 0) is 80.1 Å². The Morgan fingerprint density at radius 1 is 0.822 bits per heavy atom. The number of nitrogens with zero attached hydrogens (tertiary/aromatic N) is 3. The minimum atomic E-state index is -0.998. The molecular weight excluding hydrogens is 1160 g/mol. The molecule has 90 heavy (non-hydrogen) atoms. The fourth-order valence-corrected chi connectivity index (χ4v) is 13.6. The van der Waals surface area contributed by atoms with Crippen LogP contribution in [-0.4, -0.2) is 132 Å². The van der Waals surface area contributed by atoms with E-state index in [4.69, 9.17) is 24.7 Å². The van der Waals surface area contributed by atoms with Gasteiger partial charge in [-0.3, -0.25) is 33.7 Å². The zero-order chi connectivity index (χ0) is 63.6. The highest BCUT2D eigenvalue weighted by molar-refractivity contribution is 7.13. The molecule has 1 fully saturated rings. The normalized spacial score (nSPS) is 18.6. The van der Waals surface area contributed by atoms with Crippen LogP contribution in [0.15, 0.2) is 121 Å². The second kappa shape index (κ2) is 29.2. The van der Waals surface area contributed by atoms with Crippen LogP contribution < -0.4 is 26.6 Å². The molecule has 0 saturated carbocycles. The number of aliphatic hydroxyl groups is 1. The van der Waals surface area contributed by atoms with Crippen molar-refractivity contribution in [3.05, 3.63) is 165 Å². The number of carbonyl (C=O) groups is 7. The van der Waals surface area contributed by atoms with Crippen LogP contribution in [0.4, 0.5) is 10.5 Å². The number of aromatic nitrogens is 1. The number of anilines is 1. The van der Waals surface area contributed by atoms with E-state index in [2.05, 4.69) is 33.1 Å². The number of amides is 6. The Bertz CT molecular complexity index is 3520. The summed E-state index contributed by atoms with van der Waals surface area (Å²) in [6, 6.07) is 34.1. The van der Waals surface area contributed by atoms with Crippen molar-refractivity contribution in [1.29, 1.82) is 0 Å². The Labute approximate surface area is 529 Å². The zero-order valence-corrected chi connectivity index (χ0v) is 52.6. The Kier molecular flexibility index (Phi) is 21.0. The summed E-state index contributed by atoms with van der Waals surface area (Å²) in [5.74, 6) is -2.93. The third-order valence-corrected chi connectivity index (χ3v) is 18.7. The lowest BCUT2D eigenvalue weighted by atomic mass is 9.85. The van der Waals surface area contributed by atoms with Gasteiger partial charge in [0.05, 0.1) is 66.4 Å². The van der Waals surface area contributed by atoms with E-state index in [0.29, 0.717) is 38.7 Å². The monoisotopic (exact) mass is 1240 g/mol. The molecular formula is C70H81N7O12S. The second-order valence-electron chi connectivity index (χ2n) is 25.0. The molecule has 10 rings (SSSR count). The van der Waals surface area contributed by atoms with Gasteiger partial charge in [0.2, 0.25) is 29.5 Å². The number of hydrogen-bond donors (Lipinski definition) is 5. The Morgan fingerprint density at radius 2 is 1.50 bits per heavy atom. The lowest BCUT2D eigenvalue weighted by Crippen LogP contribution is -2.58. The number of β-amino-alcohol motifs (C(OH)–C–C–N with tert-alkyl or cyclic N) is 1. The highest BCUT2D eigenvalue weighted by Gasteiger charge is 2.46. The van der Waals surface area contributed by atoms with Gasteiger partial charge in [-0.25, -0.2) is 9.78 Å². The smallest absolute Gasteiger partial charge is 0.407 e. The number of rotatable bonds is 27. The molecule has 1 aromatic heterocycles. The number of ether oxygens (including phenoxy) is 4. The minimum absolute atomic E-state index is 0.0359. The van der Waals surface area contributed by atoms with Crippen molar-refractivity contribution < 1.29 is 57.6 Å². The van der Waals surface area contributed by atoms with E-state index in [1.807, 2.05) is 138 Å². The molecule has 0 radical (unpaired) electrons. The molecule has 3 aliphatic heterocycles. The topological polar surface area (TPSA) is 258 Å². The maximum absolute atomic E-state index is 14.6. The van der Waals surface area contributed by atoms with Crippen LogP contribution in [0, 0.1) is 18.3 Å². The van der Waals surface area contributed by atoms with Crippen molar-refractivity contribution in [2.45, 2.75) is 141 Å². The van der Waals surface area contributed by atoms with Crippen LogP contribution in [0.1, 0.15) is 110 Å². The van der Waals surface area contributed by atoms with E-state index in [-0.39, 0.29) is 88.9 Å². The Balaban J connectivity index is 0.649. The van der Waals surface area contributed by atoms with Gasteiger partial charge in [-0.1, -0.05) is 136 Å². The molecule has 6 N–H and O–H groups in total. The van der Waals surface area contributed by atoms with Gasteiger partial charge in [0.15, 0.2) is 5.78 Å². The predicted molar refractivity (Wildman–Crippen MR) is 341 cm³/mol. The van der Waals surface area contributed by atoms with E-state index in [1.165, 1.54) is 4.90 Å². The number of nitrogens with two attached hydrogens (primary N) is 1. The number of aliphatic hydroxyl groups excluding tert-OH is 1. The van der Waals surface area contributed by atoms with Crippen molar-refractivity contribution in [1.82, 2.24) is 25.8 Å². The number of alkyl carbamates (subject to hydrolysis) is 1. The predicted octanol–water partition coefficient (Wildman–Crippen LogP) is 8.06. The molecule has 4 heterocycles. The van der Waals surface area contributed by atoms with Gasteiger partial charge in [0.1, 0.15) is 31.3 Å².